The van der Waals surface area contributed by atoms with Crippen molar-refractivity contribution in [3.8, 4) is 0 Å². The zero-order chi connectivity index (χ0) is 7.28. The van der Waals surface area contributed by atoms with E-state index < -0.39 is 0 Å². The number of hydrogen-bond acceptors (Lipinski definition) is 0. The van der Waals surface area contributed by atoms with Crippen LogP contribution in [0.4, 0.5) is 0 Å². The van der Waals surface area contributed by atoms with E-state index in [1.54, 1.807) is 0 Å². The third-order valence-corrected chi connectivity index (χ3v) is 1.36. The van der Waals surface area contributed by atoms with Gasteiger partial charge < -0.3 is 0 Å². The summed E-state index contributed by atoms with van der Waals surface area (Å²) in [7, 11) is 0. The van der Waals surface area contributed by atoms with Crippen LogP contribution >= 0.6 is 15.9 Å². The van der Waals surface area contributed by atoms with Gasteiger partial charge in [0.2, 0.25) is 0 Å². The van der Waals surface area contributed by atoms with Crippen molar-refractivity contribution in [3.05, 3.63) is 12.2 Å². The lowest BCUT2D eigenvalue weighted by Crippen LogP contribution is -1.85. The Labute approximate surface area is 66.5 Å². The van der Waals surface area contributed by atoms with E-state index in [0.717, 1.165) is 6.42 Å². The van der Waals surface area contributed by atoms with E-state index in [4.69, 9.17) is 0 Å². The minimum atomic E-state index is 0.618. The van der Waals surface area contributed by atoms with Gasteiger partial charge in [-0.25, -0.2) is 0 Å². The second-order valence-corrected chi connectivity index (χ2v) is 4.25. The lowest BCUT2D eigenvalue weighted by atomic mass is 10.2. The SMILES string of the molecule is CC(C)/C=C/CC(C)Br. The molecule has 0 N–H and O–H groups in total. The quantitative estimate of drug-likeness (QED) is 0.473. The van der Waals surface area contributed by atoms with Crippen LogP contribution in [0.15, 0.2) is 12.2 Å². The van der Waals surface area contributed by atoms with Gasteiger partial charge in [-0.2, -0.15) is 0 Å². The average molecular weight is 191 g/mol. The highest BCUT2D eigenvalue weighted by Gasteiger charge is 1.89. The van der Waals surface area contributed by atoms with E-state index >= 15 is 0 Å². The molecule has 0 radical (unpaired) electrons. The third kappa shape index (κ3) is 8.22. The van der Waals surface area contributed by atoms with E-state index in [9.17, 15) is 0 Å². The van der Waals surface area contributed by atoms with E-state index in [2.05, 4.69) is 48.9 Å². The zero-order valence-electron chi connectivity index (χ0n) is 6.39. The van der Waals surface area contributed by atoms with E-state index in [0.29, 0.717) is 10.7 Å². The molecule has 0 aliphatic carbocycles. The summed E-state index contributed by atoms with van der Waals surface area (Å²) in [5.41, 5.74) is 0. The van der Waals surface area contributed by atoms with Crippen molar-refractivity contribution in [1.82, 2.24) is 0 Å². The molecular weight excluding hydrogens is 176 g/mol. The maximum atomic E-state index is 3.47. The van der Waals surface area contributed by atoms with Gasteiger partial charge in [0.15, 0.2) is 0 Å². The van der Waals surface area contributed by atoms with Crippen molar-refractivity contribution >= 4 is 15.9 Å². The average Bonchev–Trinajstić information content (AvgIpc) is 1.63. The van der Waals surface area contributed by atoms with Crippen molar-refractivity contribution in [3.63, 3.8) is 0 Å². The van der Waals surface area contributed by atoms with Crippen LogP contribution in [0.3, 0.4) is 0 Å². The Morgan fingerprint density at radius 2 is 1.89 bits per heavy atom. The molecule has 0 rings (SSSR count). The first-order valence-corrected chi connectivity index (χ1v) is 4.35. The maximum absolute atomic E-state index is 3.47. The lowest BCUT2D eigenvalue weighted by Gasteiger charge is -1.96. The van der Waals surface area contributed by atoms with Gasteiger partial charge >= 0.3 is 0 Å². The smallest absolute Gasteiger partial charge is 0.0152 e. The Kier molecular flexibility index (Phi) is 5.16. The van der Waals surface area contributed by atoms with Crippen molar-refractivity contribution in [2.24, 2.45) is 5.92 Å². The highest BCUT2D eigenvalue weighted by atomic mass is 79.9. The molecule has 0 bridgehead atoms. The minimum Gasteiger partial charge on any atom is -0.0890 e. The zero-order valence-corrected chi connectivity index (χ0v) is 7.98. The van der Waals surface area contributed by atoms with Gasteiger partial charge in [-0.1, -0.05) is 48.9 Å². The summed E-state index contributed by atoms with van der Waals surface area (Å²) in [6.45, 7) is 6.54. The Morgan fingerprint density at radius 1 is 1.33 bits per heavy atom. The van der Waals surface area contributed by atoms with Gasteiger partial charge in [-0.15, -0.1) is 0 Å². The third-order valence-electron chi connectivity index (χ3n) is 0.982. The van der Waals surface area contributed by atoms with Crippen LogP contribution in [0, 0.1) is 5.92 Å². The molecule has 0 aromatic carbocycles. The van der Waals surface area contributed by atoms with Crippen LogP contribution in [-0.2, 0) is 0 Å². The summed E-state index contributed by atoms with van der Waals surface area (Å²) in [6.07, 6.45) is 5.60. The number of alkyl halides is 1. The van der Waals surface area contributed by atoms with Crippen molar-refractivity contribution < 1.29 is 0 Å². The first kappa shape index (κ1) is 9.22. The molecule has 0 aromatic rings. The van der Waals surface area contributed by atoms with Crippen LogP contribution in [0.2, 0.25) is 0 Å². The largest absolute Gasteiger partial charge is 0.0890 e. The molecule has 1 atom stereocenters. The van der Waals surface area contributed by atoms with E-state index in [1.165, 1.54) is 0 Å². The highest BCUT2D eigenvalue weighted by Crippen LogP contribution is 2.05. The fraction of sp³-hybridized carbons (Fsp3) is 0.750. The maximum Gasteiger partial charge on any atom is 0.0152 e. The second-order valence-electron chi connectivity index (χ2n) is 2.69. The Bertz CT molecular complexity index is 82.6. The molecule has 0 heterocycles. The summed E-state index contributed by atoms with van der Waals surface area (Å²) in [4.78, 5) is 0.618. The van der Waals surface area contributed by atoms with Crippen LogP contribution in [0.25, 0.3) is 0 Å². The predicted molar refractivity (Wildman–Crippen MR) is 47.0 cm³/mol. The van der Waals surface area contributed by atoms with Crippen LogP contribution in [0.5, 0.6) is 0 Å². The molecule has 0 aliphatic heterocycles. The Morgan fingerprint density at radius 3 is 2.22 bits per heavy atom. The molecule has 0 nitrogen and oxygen atoms in total. The van der Waals surface area contributed by atoms with Crippen LogP contribution in [-0.4, -0.2) is 4.83 Å². The normalized spacial score (nSPS) is 15.2. The highest BCUT2D eigenvalue weighted by molar-refractivity contribution is 9.09. The summed E-state index contributed by atoms with van der Waals surface area (Å²) >= 11 is 3.47. The molecule has 0 saturated carbocycles. The standard InChI is InChI=1S/C8H15Br/c1-7(2)5-4-6-8(3)9/h4-5,7-8H,6H2,1-3H3/b5-4+. The Balaban J connectivity index is 3.25. The van der Waals surface area contributed by atoms with Crippen LogP contribution in [0.1, 0.15) is 27.2 Å². The summed E-state index contributed by atoms with van der Waals surface area (Å²) < 4.78 is 0. The molecule has 0 saturated heterocycles. The summed E-state index contributed by atoms with van der Waals surface area (Å²) in [5, 5.41) is 0. The number of rotatable bonds is 3. The number of hydrogen-bond donors (Lipinski definition) is 0. The van der Waals surface area contributed by atoms with Gasteiger partial charge in [0.25, 0.3) is 0 Å². The van der Waals surface area contributed by atoms with E-state index in [1.807, 2.05) is 0 Å². The first-order valence-electron chi connectivity index (χ1n) is 3.43. The predicted octanol–water partition coefficient (Wildman–Crippen LogP) is 3.37. The molecule has 54 valence electrons. The molecule has 0 aromatic heterocycles. The fourth-order valence-corrected chi connectivity index (χ4v) is 0.754. The molecule has 1 heteroatoms. The van der Waals surface area contributed by atoms with Gasteiger partial charge in [-0.3, -0.25) is 0 Å². The van der Waals surface area contributed by atoms with Crippen molar-refractivity contribution in [2.75, 3.05) is 0 Å². The van der Waals surface area contributed by atoms with Gasteiger partial charge in [0.1, 0.15) is 0 Å². The Hall–Kier alpha value is 0.220. The van der Waals surface area contributed by atoms with Crippen molar-refractivity contribution in [2.45, 2.75) is 32.0 Å². The molecule has 0 aliphatic rings. The topological polar surface area (TPSA) is 0 Å². The molecule has 1 unspecified atom stereocenters. The monoisotopic (exact) mass is 190 g/mol. The molecule has 9 heavy (non-hydrogen) atoms. The fourth-order valence-electron chi connectivity index (χ4n) is 0.538. The van der Waals surface area contributed by atoms with E-state index in [-0.39, 0.29) is 0 Å². The molecular formula is C8H15Br. The molecule has 0 amide bonds. The minimum absolute atomic E-state index is 0.618. The summed E-state index contributed by atoms with van der Waals surface area (Å²) in [5.74, 6) is 0.691. The number of halogens is 1. The van der Waals surface area contributed by atoms with Crippen molar-refractivity contribution in [1.29, 1.82) is 0 Å². The summed E-state index contributed by atoms with van der Waals surface area (Å²) in [6, 6.07) is 0. The molecule has 0 spiro atoms. The first-order chi connectivity index (χ1) is 4.13. The van der Waals surface area contributed by atoms with Crippen LogP contribution < -0.4 is 0 Å². The lowest BCUT2D eigenvalue weighted by molar-refractivity contribution is 0.822. The van der Waals surface area contributed by atoms with Gasteiger partial charge in [0.05, 0.1) is 0 Å². The second kappa shape index (κ2) is 5.04. The van der Waals surface area contributed by atoms with Gasteiger partial charge in [0, 0.05) is 4.83 Å². The molecule has 0 fully saturated rings. The van der Waals surface area contributed by atoms with Gasteiger partial charge in [-0.05, 0) is 12.3 Å². The number of allylic oxidation sites excluding steroid dienone is 2.